The molecule has 6 nitrogen and oxygen atoms in total. The lowest BCUT2D eigenvalue weighted by Crippen LogP contribution is -2.21. The van der Waals surface area contributed by atoms with Crippen LogP contribution in [-0.2, 0) is 33.8 Å². The second-order valence-electron chi connectivity index (χ2n) is 7.83. The van der Waals surface area contributed by atoms with E-state index in [0.29, 0.717) is 30.9 Å². The monoisotopic (exact) mass is 421 g/mol. The number of carboxylic acids is 1. The van der Waals surface area contributed by atoms with Gasteiger partial charge in [-0.3, -0.25) is 4.79 Å². The number of aliphatic carboxylic acids is 1. The van der Waals surface area contributed by atoms with Crippen molar-refractivity contribution in [3.8, 4) is 0 Å². The van der Waals surface area contributed by atoms with E-state index in [9.17, 15) is 9.90 Å². The summed E-state index contributed by atoms with van der Waals surface area (Å²) in [5.41, 5.74) is 10.9. The minimum atomic E-state index is -0.897. The van der Waals surface area contributed by atoms with Crippen LogP contribution in [0.2, 0.25) is 0 Å². The lowest BCUT2D eigenvalue weighted by Gasteiger charge is -2.24. The van der Waals surface area contributed by atoms with E-state index in [0.717, 1.165) is 28.9 Å². The van der Waals surface area contributed by atoms with E-state index in [1.165, 1.54) is 5.56 Å². The zero-order valence-corrected chi connectivity index (χ0v) is 17.5. The highest BCUT2D eigenvalue weighted by molar-refractivity contribution is 5.71. The average molecular weight is 421 g/mol. The highest BCUT2D eigenvalue weighted by atomic mass is 16.5. The average Bonchev–Trinajstić information content (AvgIpc) is 3.20. The number of rotatable bonds is 8. The SMILES string of the molecule is COC1CC=CC(CC(=O)O)=C1OCc1coc2c1CC(c1cccc(CN)c1)C=C2. The molecule has 0 saturated heterocycles. The van der Waals surface area contributed by atoms with Gasteiger partial charge in [-0.15, -0.1) is 0 Å². The van der Waals surface area contributed by atoms with Gasteiger partial charge >= 0.3 is 5.97 Å². The summed E-state index contributed by atoms with van der Waals surface area (Å²) < 4.78 is 17.4. The van der Waals surface area contributed by atoms with Crippen LogP contribution in [0.3, 0.4) is 0 Å². The fourth-order valence-corrected chi connectivity index (χ4v) is 4.18. The topological polar surface area (TPSA) is 94.9 Å². The fraction of sp³-hybridized carbons (Fsp3) is 0.320. The van der Waals surface area contributed by atoms with Crippen molar-refractivity contribution < 1.29 is 23.8 Å². The van der Waals surface area contributed by atoms with Crippen LogP contribution in [0.15, 0.2) is 64.5 Å². The highest BCUT2D eigenvalue weighted by Gasteiger charge is 2.25. The maximum absolute atomic E-state index is 11.3. The van der Waals surface area contributed by atoms with Gasteiger partial charge in [-0.05, 0) is 30.0 Å². The first-order chi connectivity index (χ1) is 15.1. The van der Waals surface area contributed by atoms with Gasteiger partial charge in [0.05, 0.1) is 12.7 Å². The molecule has 2 aliphatic carbocycles. The van der Waals surface area contributed by atoms with Crippen molar-refractivity contribution in [2.45, 2.75) is 44.4 Å². The summed E-state index contributed by atoms with van der Waals surface area (Å²) in [6.07, 6.45) is 10.7. The number of hydrogen-bond acceptors (Lipinski definition) is 5. The zero-order valence-electron chi connectivity index (χ0n) is 17.5. The first-order valence-electron chi connectivity index (χ1n) is 10.4. The van der Waals surface area contributed by atoms with Crippen molar-refractivity contribution >= 4 is 12.0 Å². The zero-order chi connectivity index (χ0) is 21.8. The second kappa shape index (κ2) is 9.37. The normalized spacial score (nSPS) is 20.1. The Morgan fingerprint density at radius 1 is 1.32 bits per heavy atom. The molecule has 0 saturated carbocycles. The molecule has 0 aliphatic heterocycles. The number of allylic oxidation sites excluding steroid dienone is 2. The van der Waals surface area contributed by atoms with Crippen LogP contribution in [-0.4, -0.2) is 24.3 Å². The van der Waals surface area contributed by atoms with Crippen molar-refractivity contribution in [1.29, 1.82) is 0 Å². The predicted octanol–water partition coefficient (Wildman–Crippen LogP) is 4.31. The maximum atomic E-state index is 11.3. The van der Waals surface area contributed by atoms with Crippen molar-refractivity contribution in [3.05, 3.63) is 88.1 Å². The minimum absolute atomic E-state index is 0.0997. The Labute approximate surface area is 181 Å². The Bertz CT molecular complexity index is 1050. The summed E-state index contributed by atoms with van der Waals surface area (Å²) in [6.45, 7) is 0.817. The third kappa shape index (κ3) is 4.65. The molecule has 0 fully saturated rings. The molecule has 2 unspecified atom stereocenters. The Hall–Kier alpha value is -3.09. The van der Waals surface area contributed by atoms with Crippen LogP contribution in [0.4, 0.5) is 0 Å². The molecule has 0 spiro atoms. The smallest absolute Gasteiger partial charge is 0.307 e. The molecule has 1 aromatic heterocycles. The molecule has 0 bridgehead atoms. The van der Waals surface area contributed by atoms with E-state index in [2.05, 4.69) is 18.2 Å². The largest absolute Gasteiger partial charge is 0.490 e. The molecule has 3 N–H and O–H groups in total. The molecule has 1 heterocycles. The van der Waals surface area contributed by atoms with E-state index in [-0.39, 0.29) is 18.4 Å². The molecule has 162 valence electrons. The minimum Gasteiger partial charge on any atom is -0.490 e. The van der Waals surface area contributed by atoms with Crippen LogP contribution >= 0.6 is 0 Å². The van der Waals surface area contributed by atoms with Crippen LogP contribution in [0.25, 0.3) is 6.08 Å². The molecule has 4 rings (SSSR count). The van der Waals surface area contributed by atoms with Gasteiger partial charge in [0.2, 0.25) is 0 Å². The van der Waals surface area contributed by atoms with Gasteiger partial charge in [0.25, 0.3) is 0 Å². The third-order valence-electron chi connectivity index (χ3n) is 5.82. The van der Waals surface area contributed by atoms with Crippen LogP contribution in [0, 0.1) is 0 Å². The van der Waals surface area contributed by atoms with E-state index >= 15 is 0 Å². The van der Waals surface area contributed by atoms with Crippen molar-refractivity contribution in [2.24, 2.45) is 5.73 Å². The fourth-order valence-electron chi connectivity index (χ4n) is 4.18. The number of carboxylic acid groups (broad SMARTS) is 1. The lowest BCUT2D eigenvalue weighted by molar-refractivity contribution is -0.136. The predicted molar refractivity (Wildman–Crippen MR) is 117 cm³/mol. The number of carbonyl (C=O) groups is 1. The van der Waals surface area contributed by atoms with Gasteiger partial charge in [0.1, 0.15) is 24.2 Å². The molecule has 0 radical (unpaired) electrons. The molecule has 31 heavy (non-hydrogen) atoms. The molecule has 1 aromatic carbocycles. The summed E-state index contributed by atoms with van der Waals surface area (Å²) in [7, 11) is 1.61. The summed E-state index contributed by atoms with van der Waals surface area (Å²) in [5.74, 6) is 0.768. The number of hydrogen-bond donors (Lipinski definition) is 2. The Morgan fingerprint density at radius 3 is 2.97 bits per heavy atom. The Balaban J connectivity index is 1.53. The number of fused-ring (bicyclic) bond motifs is 1. The van der Waals surface area contributed by atoms with Crippen molar-refractivity contribution in [1.82, 2.24) is 0 Å². The van der Waals surface area contributed by atoms with Crippen molar-refractivity contribution in [3.63, 3.8) is 0 Å². The summed E-state index contributed by atoms with van der Waals surface area (Å²) >= 11 is 0. The lowest BCUT2D eigenvalue weighted by atomic mass is 9.86. The summed E-state index contributed by atoms with van der Waals surface area (Å²) in [6, 6.07) is 8.34. The molecule has 2 aliphatic rings. The van der Waals surface area contributed by atoms with Gasteiger partial charge in [0, 0.05) is 36.3 Å². The Kier molecular flexibility index (Phi) is 6.39. The van der Waals surface area contributed by atoms with Gasteiger partial charge in [-0.25, -0.2) is 0 Å². The van der Waals surface area contributed by atoms with Gasteiger partial charge in [0.15, 0.2) is 0 Å². The van der Waals surface area contributed by atoms with Crippen LogP contribution in [0.5, 0.6) is 0 Å². The first kappa shape index (κ1) is 21.2. The van der Waals surface area contributed by atoms with E-state index in [4.69, 9.17) is 19.6 Å². The van der Waals surface area contributed by atoms with Gasteiger partial charge < -0.3 is 24.7 Å². The van der Waals surface area contributed by atoms with Crippen molar-refractivity contribution in [2.75, 3.05) is 7.11 Å². The summed E-state index contributed by atoms with van der Waals surface area (Å²) in [4.78, 5) is 11.3. The van der Waals surface area contributed by atoms with E-state index in [1.54, 1.807) is 13.4 Å². The number of nitrogens with two attached hydrogens (primary N) is 1. The number of furan rings is 1. The number of benzene rings is 1. The maximum Gasteiger partial charge on any atom is 0.307 e. The quantitative estimate of drug-likeness (QED) is 0.659. The standard InChI is InChI=1S/C25H27NO5/c1-29-23-7-3-6-19(12-24(27)28)25(23)31-15-20-14-30-22-9-8-18(11-21(20)22)17-5-2-4-16(10-17)13-26/h2-6,8-10,14,18,23H,7,11-13,15,26H2,1H3,(H,27,28). The van der Waals surface area contributed by atoms with Crippen LogP contribution < -0.4 is 5.73 Å². The first-order valence-corrected chi connectivity index (χ1v) is 10.4. The number of methoxy groups -OCH3 is 1. The molecular weight excluding hydrogens is 394 g/mol. The molecular formula is C25H27NO5. The number of ether oxygens (including phenoxy) is 2. The van der Waals surface area contributed by atoms with E-state index < -0.39 is 5.97 Å². The molecule has 0 amide bonds. The molecule has 2 aromatic rings. The highest BCUT2D eigenvalue weighted by Crippen LogP contribution is 2.34. The van der Waals surface area contributed by atoms with Crippen LogP contribution in [0.1, 0.15) is 46.8 Å². The molecule has 2 atom stereocenters. The van der Waals surface area contributed by atoms with Gasteiger partial charge in [-0.2, -0.15) is 0 Å². The third-order valence-corrected chi connectivity index (χ3v) is 5.82. The Morgan fingerprint density at radius 2 is 2.19 bits per heavy atom. The second-order valence-corrected chi connectivity index (χ2v) is 7.83. The van der Waals surface area contributed by atoms with Gasteiger partial charge in [-0.1, -0.05) is 42.5 Å². The molecule has 6 heteroatoms. The van der Waals surface area contributed by atoms with E-state index in [1.807, 2.05) is 30.4 Å². The summed E-state index contributed by atoms with van der Waals surface area (Å²) in [5, 5.41) is 9.23.